The number of thiophene rings is 1. The van der Waals surface area contributed by atoms with E-state index in [-0.39, 0.29) is 11.8 Å². The number of likely N-dealkylation sites (N-methyl/N-ethyl adjacent to an activating group) is 4. The van der Waals surface area contributed by atoms with E-state index >= 15 is 0 Å². The van der Waals surface area contributed by atoms with Crippen LogP contribution in [-0.4, -0.2) is 153 Å². The monoisotopic (exact) mass is 1090 g/mol. The number of amides is 2. The van der Waals surface area contributed by atoms with Crippen LogP contribution in [0.3, 0.4) is 0 Å². The number of aryl methyl sites for hydroxylation is 3. The number of nitriles is 1. The molecule has 8 rings (SSSR count). The van der Waals surface area contributed by atoms with Crippen molar-refractivity contribution in [2.75, 3.05) is 133 Å². The van der Waals surface area contributed by atoms with Crippen LogP contribution < -0.4 is 45.4 Å². The second kappa shape index (κ2) is 25.4. The Morgan fingerprint density at radius 3 is 1.77 bits per heavy atom. The van der Waals surface area contributed by atoms with Crippen LogP contribution in [0.4, 0.5) is 51.8 Å². The molecule has 5 aromatic heterocycles. The number of nitrogens with zero attached hydrogens (tertiary/aromatic N) is 13. The largest absolute Gasteiger partial charge is 0.494 e. The zero-order valence-electron chi connectivity index (χ0n) is 47.2. The molecular formula is C57H69N17O4S. The fourth-order valence-electron chi connectivity index (χ4n) is 8.63. The van der Waals surface area contributed by atoms with Gasteiger partial charge in [0.15, 0.2) is 11.6 Å². The molecule has 0 fully saturated rings. The highest BCUT2D eigenvalue weighted by molar-refractivity contribution is 7.18. The molecule has 8 aromatic rings. The third-order valence-corrected chi connectivity index (χ3v) is 13.7. The molecule has 0 saturated carbocycles. The topological polar surface area (TPSA) is 215 Å². The summed E-state index contributed by atoms with van der Waals surface area (Å²) in [6.07, 6.45) is 7.83. The van der Waals surface area contributed by atoms with Gasteiger partial charge in [-0.15, -0.1) is 16.4 Å². The zero-order valence-corrected chi connectivity index (χ0v) is 48.0. The quantitative estimate of drug-likeness (QED) is 0.0495. The number of carbonyl (C=O) groups is 2. The van der Waals surface area contributed by atoms with E-state index in [1.807, 2.05) is 133 Å². The normalized spacial score (nSPS) is 11.0. The number of hydrogen-bond donors (Lipinski definition) is 4. The molecule has 412 valence electrons. The Bertz CT molecular complexity index is 3570. The third kappa shape index (κ3) is 13.6. The van der Waals surface area contributed by atoms with Gasteiger partial charge in [0.05, 0.1) is 70.5 Å². The predicted octanol–water partition coefficient (Wildman–Crippen LogP) is 8.82. The van der Waals surface area contributed by atoms with Crippen molar-refractivity contribution in [3.8, 4) is 34.6 Å². The van der Waals surface area contributed by atoms with Crippen molar-refractivity contribution in [1.29, 1.82) is 5.26 Å². The van der Waals surface area contributed by atoms with E-state index in [0.29, 0.717) is 63.2 Å². The Balaban J connectivity index is 0.000000229. The highest BCUT2D eigenvalue weighted by atomic mass is 32.1. The molecule has 79 heavy (non-hydrogen) atoms. The molecule has 2 amide bonds. The van der Waals surface area contributed by atoms with Gasteiger partial charge in [-0.25, -0.2) is 19.6 Å². The zero-order chi connectivity index (χ0) is 57.2. The number of rotatable bonds is 21. The summed E-state index contributed by atoms with van der Waals surface area (Å²) < 4.78 is 15.2. The molecule has 4 N–H and O–H groups in total. The number of carbonyl (C=O) groups excluding carboxylic acids is 2. The maximum atomic E-state index is 12.3. The van der Waals surface area contributed by atoms with E-state index in [4.69, 9.17) is 24.5 Å². The van der Waals surface area contributed by atoms with Crippen LogP contribution in [0.15, 0.2) is 98.5 Å². The number of anilines is 9. The Morgan fingerprint density at radius 2 is 1.27 bits per heavy atom. The Labute approximate surface area is 465 Å². The molecule has 3 aromatic carbocycles. The van der Waals surface area contributed by atoms with Crippen molar-refractivity contribution in [2.45, 2.75) is 13.8 Å². The molecule has 0 aliphatic heterocycles. The second-order valence-electron chi connectivity index (χ2n) is 19.4. The summed E-state index contributed by atoms with van der Waals surface area (Å²) in [4.78, 5) is 55.4. The molecule has 5 heterocycles. The van der Waals surface area contributed by atoms with Crippen LogP contribution in [0.5, 0.6) is 11.5 Å². The number of ether oxygens (including phenoxy) is 2. The second-order valence-corrected chi connectivity index (χ2v) is 20.6. The van der Waals surface area contributed by atoms with Crippen molar-refractivity contribution < 1.29 is 19.1 Å². The Hall–Kier alpha value is -9.04. The van der Waals surface area contributed by atoms with Crippen molar-refractivity contribution in [2.24, 2.45) is 7.05 Å². The molecule has 0 spiro atoms. The minimum Gasteiger partial charge on any atom is -0.494 e. The first kappa shape index (κ1) is 57.7. The lowest BCUT2D eigenvalue weighted by Crippen LogP contribution is -2.29. The lowest BCUT2D eigenvalue weighted by atomic mass is 10.0. The summed E-state index contributed by atoms with van der Waals surface area (Å²) in [7, 11) is 21.1. The Kier molecular flexibility index (Phi) is 18.5. The highest BCUT2D eigenvalue weighted by Gasteiger charge is 2.21. The number of benzene rings is 3. The maximum Gasteiger partial charge on any atom is 0.247 e. The van der Waals surface area contributed by atoms with Gasteiger partial charge < -0.3 is 59.8 Å². The molecule has 0 atom stereocenters. The van der Waals surface area contributed by atoms with Gasteiger partial charge in [0.2, 0.25) is 23.7 Å². The van der Waals surface area contributed by atoms with Crippen molar-refractivity contribution in [3.63, 3.8) is 0 Å². The number of methoxy groups -OCH3 is 2. The van der Waals surface area contributed by atoms with E-state index < -0.39 is 0 Å². The molecule has 0 unspecified atom stereocenters. The van der Waals surface area contributed by atoms with Crippen molar-refractivity contribution in [3.05, 3.63) is 115 Å². The van der Waals surface area contributed by atoms with E-state index in [0.717, 1.165) is 75.6 Å². The maximum absolute atomic E-state index is 12.3. The van der Waals surface area contributed by atoms with Crippen LogP contribution >= 0.6 is 11.3 Å². The summed E-state index contributed by atoms with van der Waals surface area (Å²) in [5.74, 6) is 2.72. The van der Waals surface area contributed by atoms with Crippen LogP contribution in [0.2, 0.25) is 0 Å². The molecule has 22 heteroatoms. The van der Waals surface area contributed by atoms with Gasteiger partial charge in [-0.2, -0.15) is 10.2 Å². The highest BCUT2D eigenvalue weighted by Crippen LogP contribution is 2.40. The minimum absolute atomic E-state index is 0.308. The van der Waals surface area contributed by atoms with Gasteiger partial charge in [0.25, 0.3) is 0 Å². The lowest BCUT2D eigenvalue weighted by Gasteiger charge is -2.26. The molecule has 0 saturated heterocycles. The SMILES string of the molecule is C=CC(=O)Nc1cc(Nc2nccc(-c3cc(C#N)c4c(c3)c(C)cn4C)n2)c(OC)cc1N(C)CCN(C)C.C=CC(=O)Nc1cc(Nc2nccc(-n3nc(N(C)C)c4cc(C)sc43)n2)c(OC)cc1N(C)CCN(C)C. The minimum atomic E-state index is -0.323. The Morgan fingerprint density at radius 1 is 0.722 bits per heavy atom. The van der Waals surface area contributed by atoms with Crippen molar-refractivity contribution >= 4 is 96.1 Å². The third-order valence-electron chi connectivity index (χ3n) is 12.7. The summed E-state index contributed by atoms with van der Waals surface area (Å²) in [6.45, 7) is 14.4. The number of fused-ring (bicyclic) bond motifs is 2. The van der Waals surface area contributed by atoms with Crippen LogP contribution in [0.25, 0.3) is 38.2 Å². The number of hydrogen-bond acceptors (Lipinski definition) is 18. The van der Waals surface area contributed by atoms with Gasteiger partial charge in [-0.3, -0.25) is 9.59 Å². The van der Waals surface area contributed by atoms with Crippen LogP contribution in [0, 0.1) is 25.2 Å². The molecule has 0 aliphatic rings. The van der Waals surface area contributed by atoms with Gasteiger partial charge in [0, 0.05) is 114 Å². The average molecular weight is 1090 g/mol. The van der Waals surface area contributed by atoms with Crippen LogP contribution in [-0.2, 0) is 16.6 Å². The van der Waals surface area contributed by atoms with Gasteiger partial charge in [-0.05, 0) is 96.2 Å². The smallest absolute Gasteiger partial charge is 0.247 e. The first-order valence-corrected chi connectivity index (χ1v) is 26.0. The molecule has 0 radical (unpaired) electrons. The standard InChI is InChI=1S/C30H34N8O2.C27H35N9O2S/c1-8-28(39)33-24-15-25(27(40-7)16-26(24)37(5)12-11-36(3)4)35-30-32-10-9-23(34-30)20-13-21(17-31)29-22(14-20)19(2)18-38(29)6;1-9-24(37)29-19-15-20(22(38-8)16-21(19)35(7)13-12-33(3)4)30-27-28-11-10-23(31-27)36-26-18(14-17(2)39-26)25(32-36)34(5)6/h8-10,13-16,18H,1,11-12H2,2-7H3,(H,33,39)(H,32,34,35);9-11,14-16H,1,12-13H2,2-8H3,(H,29,37)(H,28,30,31). The lowest BCUT2D eigenvalue weighted by molar-refractivity contribution is -0.112. The van der Waals surface area contributed by atoms with E-state index in [2.05, 4.69) is 83.1 Å². The summed E-state index contributed by atoms with van der Waals surface area (Å²) in [5.41, 5.74) is 8.02. The average Bonchev–Trinajstić information content (AvgIpc) is 4.13. The van der Waals surface area contributed by atoms with E-state index in [9.17, 15) is 14.9 Å². The summed E-state index contributed by atoms with van der Waals surface area (Å²) in [6, 6.07) is 19.3. The van der Waals surface area contributed by atoms with Gasteiger partial charge in [0.1, 0.15) is 22.4 Å². The molecule has 0 aliphatic carbocycles. The van der Waals surface area contributed by atoms with E-state index in [1.165, 1.54) is 17.0 Å². The fraction of sp³-hybridized carbons (Fsp3) is 0.298. The predicted molar refractivity (Wildman–Crippen MR) is 321 cm³/mol. The van der Waals surface area contributed by atoms with Gasteiger partial charge in [-0.1, -0.05) is 13.2 Å². The first-order chi connectivity index (χ1) is 37.7. The molecule has 21 nitrogen and oxygen atoms in total. The fourth-order valence-corrected chi connectivity index (χ4v) is 9.59. The van der Waals surface area contributed by atoms with E-state index in [1.54, 1.807) is 44.0 Å². The number of aromatic nitrogens is 7. The summed E-state index contributed by atoms with van der Waals surface area (Å²) in [5, 5.41) is 29.0. The van der Waals surface area contributed by atoms with Crippen LogP contribution in [0.1, 0.15) is 16.0 Å². The van der Waals surface area contributed by atoms with Gasteiger partial charge >= 0.3 is 0 Å². The first-order valence-electron chi connectivity index (χ1n) is 25.2. The molecule has 0 bridgehead atoms. The van der Waals surface area contributed by atoms with Crippen molar-refractivity contribution in [1.82, 2.24) is 44.1 Å². The summed E-state index contributed by atoms with van der Waals surface area (Å²) >= 11 is 1.66. The molecular weight excluding hydrogens is 1020 g/mol. The number of nitrogens with one attached hydrogen (secondary N) is 4.